The summed E-state index contributed by atoms with van der Waals surface area (Å²) >= 11 is 0. The van der Waals surface area contributed by atoms with Crippen LogP contribution in [-0.2, 0) is 13.1 Å². The standard InChI is InChI=1S/C15H21N3O/c1-4-18-9-8-15(17-18)12(2)16-11-13-6-5-7-14(10-13)19-3/h5-10,12,16H,4,11H2,1-3H3. The lowest BCUT2D eigenvalue weighted by Crippen LogP contribution is -2.18. The molecule has 0 aliphatic carbocycles. The van der Waals surface area contributed by atoms with Crippen molar-refractivity contribution in [1.82, 2.24) is 15.1 Å². The van der Waals surface area contributed by atoms with E-state index in [-0.39, 0.29) is 6.04 Å². The number of benzene rings is 1. The molecule has 0 spiro atoms. The average molecular weight is 259 g/mol. The summed E-state index contributed by atoms with van der Waals surface area (Å²) in [5.41, 5.74) is 2.28. The van der Waals surface area contributed by atoms with Gasteiger partial charge in [0.1, 0.15) is 5.75 Å². The van der Waals surface area contributed by atoms with Crippen LogP contribution in [0.1, 0.15) is 31.1 Å². The lowest BCUT2D eigenvalue weighted by molar-refractivity contribution is 0.414. The number of hydrogen-bond acceptors (Lipinski definition) is 3. The number of methoxy groups -OCH3 is 1. The van der Waals surface area contributed by atoms with Crippen LogP contribution in [0, 0.1) is 0 Å². The van der Waals surface area contributed by atoms with Crippen molar-refractivity contribution in [3.05, 3.63) is 47.8 Å². The van der Waals surface area contributed by atoms with Crippen molar-refractivity contribution in [2.45, 2.75) is 33.0 Å². The van der Waals surface area contributed by atoms with E-state index in [9.17, 15) is 0 Å². The third-order valence-corrected chi connectivity index (χ3v) is 3.18. The fourth-order valence-corrected chi connectivity index (χ4v) is 1.94. The van der Waals surface area contributed by atoms with Crippen molar-refractivity contribution in [1.29, 1.82) is 0 Å². The first-order chi connectivity index (χ1) is 9.22. The maximum absolute atomic E-state index is 5.22. The molecule has 0 saturated heterocycles. The highest BCUT2D eigenvalue weighted by Gasteiger charge is 2.08. The second-order valence-corrected chi connectivity index (χ2v) is 4.55. The summed E-state index contributed by atoms with van der Waals surface area (Å²) in [4.78, 5) is 0. The van der Waals surface area contributed by atoms with E-state index in [1.54, 1.807) is 7.11 Å². The maximum atomic E-state index is 5.22. The first-order valence-electron chi connectivity index (χ1n) is 6.62. The van der Waals surface area contributed by atoms with Gasteiger partial charge in [0.25, 0.3) is 0 Å². The molecule has 1 atom stereocenters. The third-order valence-electron chi connectivity index (χ3n) is 3.18. The number of ether oxygens (including phenoxy) is 1. The Bertz CT molecular complexity index is 522. The van der Waals surface area contributed by atoms with Gasteiger partial charge in [-0.1, -0.05) is 12.1 Å². The highest BCUT2D eigenvalue weighted by atomic mass is 16.5. The lowest BCUT2D eigenvalue weighted by Gasteiger charge is -2.12. The number of nitrogens with one attached hydrogen (secondary N) is 1. The second kappa shape index (κ2) is 6.38. The SMILES string of the molecule is CCn1ccc(C(C)NCc2cccc(OC)c2)n1. The Morgan fingerprint density at radius 3 is 2.89 bits per heavy atom. The Labute approximate surface area is 114 Å². The minimum absolute atomic E-state index is 0.235. The van der Waals surface area contributed by atoms with Crippen molar-refractivity contribution < 1.29 is 4.74 Å². The molecule has 0 bridgehead atoms. The van der Waals surface area contributed by atoms with Gasteiger partial charge in [-0.3, -0.25) is 4.68 Å². The van der Waals surface area contributed by atoms with E-state index in [0.29, 0.717) is 0 Å². The summed E-state index contributed by atoms with van der Waals surface area (Å²) < 4.78 is 7.16. The zero-order valence-corrected chi connectivity index (χ0v) is 11.8. The molecule has 4 heteroatoms. The van der Waals surface area contributed by atoms with E-state index in [1.165, 1.54) is 5.56 Å². The molecule has 102 valence electrons. The first kappa shape index (κ1) is 13.6. The summed E-state index contributed by atoms with van der Waals surface area (Å²) in [5.74, 6) is 0.891. The highest BCUT2D eigenvalue weighted by Crippen LogP contribution is 2.14. The number of hydrogen-bond donors (Lipinski definition) is 1. The molecule has 0 fully saturated rings. The van der Waals surface area contributed by atoms with Crippen LogP contribution in [0.2, 0.25) is 0 Å². The van der Waals surface area contributed by atoms with Crippen molar-refractivity contribution in [2.24, 2.45) is 0 Å². The molecule has 1 aromatic heterocycles. The molecule has 0 saturated carbocycles. The van der Waals surface area contributed by atoms with Gasteiger partial charge in [0.15, 0.2) is 0 Å². The van der Waals surface area contributed by atoms with Gasteiger partial charge in [0.2, 0.25) is 0 Å². The molecule has 4 nitrogen and oxygen atoms in total. The van der Waals surface area contributed by atoms with Gasteiger partial charge in [0.05, 0.1) is 12.8 Å². The first-order valence-corrected chi connectivity index (χ1v) is 6.62. The third kappa shape index (κ3) is 3.58. The Balaban J connectivity index is 1.93. The molecule has 0 radical (unpaired) electrons. The largest absolute Gasteiger partial charge is 0.497 e. The summed E-state index contributed by atoms with van der Waals surface area (Å²) in [7, 11) is 1.69. The molecule has 2 aromatic rings. The molecule has 1 unspecified atom stereocenters. The topological polar surface area (TPSA) is 39.1 Å². The molecule has 0 amide bonds. The Hall–Kier alpha value is -1.81. The summed E-state index contributed by atoms with van der Waals surface area (Å²) in [6.45, 7) is 5.92. The van der Waals surface area contributed by atoms with Gasteiger partial charge >= 0.3 is 0 Å². The fourth-order valence-electron chi connectivity index (χ4n) is 1.94. The van der Waals surface area contributed by atoms with E-state index in [2.05, 4.69) is 36.4 Å². The van der Waals surface area contributed by atoms with Crippen LogP contribution in [-0.4, -0.2) is 16.9 Å². The summed E-state index contributed by atoms with van der Waals surface area (Å²) in [5, 5.41) is 7.98. The number of aromatic nitrogens is 2. The monoisotopic (exact) mass is 259 g/mol. The van der Waals surface area contributed by atoms with E-state index < -0.39 is 0 Å². The Morgan fingerprint density at radius 2 is 2.21 bits per heavy atom. The smallest absolute Gasteiger partial charge is 0.119 e. The van der Waals surface area contributed by atoms with E-state index >= 15 is 0 Å². The van der Waals surface area contributed by atoms with Gasteiger partial charge in [-0.05, 0) is 37.6 Å². The van der Waals surface area contributed by atoms with Gasteiger partial charge < -0.3 is 10.1 Å². The minimum Gasteiger partial charge on any atom is -0.497 e. The van der Waals surface area contributed by atoms with Crippen LogP contribution in [0.25, 0.3) is 0 Å². The predicted octanol–water partition coefficient (Wildman–Crippen LogP) is 2.76. The Kier molecular flexibility index (Phi) is 4.58. The van der Waals surface area contributed by atoms with Crippen LogP contribution in [0.15, 0.2) is 36.5 Å². The number of rotatable bonds is 6. The molecule has 2 rings (SSSR count). The van der Waals surface area contributed by atoms with E-state index in [0.717, 1.165) is 24.5 Å². The van der Waals surface area contributed by atoms with Crippen LogP contribution in [0.3, 0.4) is 0 Å². The van der Waals surface area contributed by atoms with Crippen molar-refractivity contribution in [3.8, 4) is 5.75 Å². The molecule has 1 N–H and O–H groups in total. The van der Waals surface area contributed by atoms with E-state index in [4.69, 9.17) is 4.74 Å². The van der Waals surface area contributed by atoms with Crippen molar-refractivity contribution >= 4 is 0 Å². The number of nitrogens with zero attached hydrogens (tertiary/aromatic N) is 2. The summed E-state index contributed by atoms with van der Waals surface area (Å²) in [6.07, 6.45) is 2.01. The van der Waals surface area contributed by atoms with E-state index in [1.807, 2.05) is 29.1 Å². The van der Waals surface area contributed by atoms with Crippen LogP contribution >= 0.6 is 0 Å². The van der Waals surface area contributed by atoms with Crippen LogP contribution in [0.5, 0.6) is 5.75 Å². The molecule has 1 aromatic carbocycles. The fraction of sp³-hybridized carbons (Fsp3) is 0.400. The quantitative estimate of drug-likeness (QED) is 0.867. The predicted molar refractivity (Wildman–Crippen MR) is 76.1 cm³/mol. The van der Waals surface area contributed by atoms with Crippen molar-refractivity contribution in [3.63, 3.8) is 0 Å². The molecule has 0 aliphatic rings. The highest BCUT2D eigenvalue weighted by molar-refractivity contribution is 5.28. The molecule has 1 heterocycles. The lowest BCUT2D eigenvalue weighted by atomic mass is 10.2. The van der Waals surface area contributed by atoms with Crippen LogP contribution < -0.4 is 10.1 Å². The van der Waals surface area contributed by atoms with Crippen molar-refractivity contribution in [2.75, 3.05) is 7.11 Å². The minimum atomic E-state index is 0.235. The molecular formula is C15H21N3O. The normalized spacial score (nSPS) is 12.4. The molecular weight excluding hydrogens is 238 g/mol. The Morgan fingerprint density at radius 1 is 1.37 bits per heavy atom. The van der Waals surface area contributed by atoms with Gasteiger partial charge in [-0.25, -0.2) is 0 Å². The second-order valence-electron chi connectivity index (χ2n) is 4.55. The van der Waals surface area contributed by atoms with Gasteiger partial charge in [0, 0.05) is 25.3 Å². The zero-order chi connectivity index (χ0) is 13.7. The van der Waals surface area contributed by atoms with Gasteiger partial charge in [-0.15, -0.1) is 0 Å². The zero-order valence-electron chi connectivity index (χ0n) is 11.8. The molecule has 19 heavy (non-hydrogen) atoms. The van der Waals surface area contributed by atoms with Gasteiger partial charge in [-0.2, -0.15) is 5.10 Å². The molecule has 0 aliphatic heterocycles. The average Bonchev–Trinajstić information content (AvgIpc) is 2.94. The summed E-state index contributed by atoms with van der Waals surface area (Å²) in [6, 6.07) is 10.4. The number of aryl methyl sites for hydroxylation is 1. The van der Waals surface area contributed by atoms with Crippen LogP contribution in [0.4, 0.5) is 0 Å². The maximum Gasteiger partial charge on any atom is 0.119 e.